The molecule has 2 aromatic rings. The smallest absolute Gasteiger partial charge is 0.239 e. The van der Waals surface area contributed by atoms with Crippen molar-refractivity contribution in [2.45, 2.75) is 38.9 Å². The van der Waals surface area contributed by atoms with Crippen LogP contribution in [-0.2, 0) is 17.9 Å². The molecule has 1 unspecified atom stereocenters. The second-order valence-electron chi connectivity index (χ2n) is 8.60. The second kappa shape index (κ2) is 12.4. The zero-order valence-electron chi connectivity index (χ0n) is 19.7. The van der Waals surface area contributed by atoms with Gasteiger partial charge in [-0.05, 0) is 37.0 Å². The first-order valence-corrected chi connectivity index (χ1v) is 11.7. The number of nitrogens with zero attached hydrogens (tertiary/aromatic N) is 6. The molecule has 0 bridgehead atoms. The van der Waals surface area contributed by atoms with E-state index in [2.05, 4.69) is 56.4 Å². The molecule has 1 amide bonds. The highest BCUT2D eigenvalue weighted by atomic mass is 127. The first-order valence-electron chi connectivity index (χ1n) is 11.7. The van der Waals surface area contributed by atoms with Gasteiger partial charge in [-0.3, -0.25) is 19.4 Å². The Hall–Kier alpha value is -2.14. The number of aliphatic imine (C=N–C) groups is 1. The fourth-order valence-corrected chi connectivity index (χ4v) is 4.64. The molecule has 2 aliphatic heterocycles. The van der Waals surface area contributed by atoms with E-state index in [9.17, 15) is 4.79 Å². The van der Waals surface area contributed by atoms with Gasteiger partial charge in [0.25, 0.3) is 0 Å². The van der Waals surface area contributed by atoms with E-state index in [4.69, 9.17) is 0 Å². The molecular weight excluding hydrogens is 529 g/mol. The summed E-state index contributed by atoms with van der Waals surface area (Å²) in [5, 5.41) is 7.87. The topological polar surface area (TPSA) is 69.0 Å². The lowest BCUT2D eigenvalue weighted by molar-refractivity contribution is -0.135. The quantitative estimate of drug-likeness (QED) is 0.331. The maximum absolute atomic E-state index is 12.7. The van der Waals surface area contributed by atoms with E-state index in [0.717, 1.165) is 64.6 Å². The summed E-state index contributed by atoms with van der Waals surface area (Å²) in [5.41, 5.74) is 2.49. The van der Waals surface area contributed by atoms with Crippen molar-refractivity contribution >= 4 is 35.8 Å². The van der Waals surface area contributed by atoms with E-state index in [1.54, 1.807) is 0 Å². The number of amides is 1. The van der Waals surface area contributed by atoms with Crippen LogP contribution in [0.5, 0.6) is 0 Å². The van der Waals surface area contributed by atoms with Crippen molar-refractivity contribution in [3.8, 4) is 0 Å². The largest absolute Gasteiger partial charge is 0.352 e. The number of nitrogens with one attached hydrogen (secondary N) is 1. The summed E-state index contributed by atoms with van der Waals surface area (Å²) < 4.78 is 1.94. The van der Waals surface area contributed by atoms with Crippen LogP contribution in [0.2, 0.25) is 0 Å². The summed E-state index contributed by atoms with van der Waals surface area (Å²) >= 11 is 0. The van der Waals surface area contributed by atoms with Crippen molar-refractivity contribution in [2.75, 3.05) is 46.3 Å². The second-order valence-corrected chi connectivity index (χ2v) is 8.60. The first kappa shape index (κ1) is 25.5. The number of piperazine rings is 1. The van der Waals surface area contributed by atoms with E-state index in [-0.39, 0.29) is 35.9 Å². The van der Waals surface area contributed by atoms with Crippen molar-refractivity contribution in [1.82, 2.24) is 29.8 Å². The van der Waals surface area contributed by atoms with Gasteiger partial charge < -0.3 is 15.1 Å². The zero-order valence-corrected chi connectivity index (χ0v) is 22.0. The molecule has 2 fully saturated rings. The third-order valence-electron chi connectivity index (χ3n) is 6.60. The van der Waals surface area contributed by atoms with Gasteiger partial charge in [0.2, 0.25) is 5.91 Å². The molecule has 0 spiro atoms. The van der Waals surface area contributed by atoms with Crippen LogP contribution in [-0.4, -0.2) is 88.7 Å². The van der Waals surface area contributed by atoms with Crippen LogP contribution in [0.1, 0.15) is 30.9 Å². The minimum absolute atomic E-state index is 0. The molecule has 9 heteroatoms. The van der Waals surface area contributed by atoms with Gasteiger partial charge in [0.1, 0.15) is 0 Å². The SMILES string of the molecule is CN=C(NCc1ccccc1Cn1cccn1)N1CCN(C(C)C(=O)N2CCCC2)CC1.I. The van der Waals surface area contributed by atoms with Crippen molar-refractivity contribution < 1.29 is 4.79 Å². The normalized spacial score (nSPS) is 18.2. The molecule has 1 aromatic heterocycles. The highest BCUT2D eigenvalue weighted by Gasteiger charge is 2.30. The van der Waals surface area contributed by atoms with E-state index in [1.165, 1.54) is 11.1 Å². The molecule has 1 N–H and O–H groups in total. The third kappa shape index (κ3) is 6.47. The summed E-state index contributed by atoms with van der Waals surface area (Å²) in [6.07, 6.45) is 6.07. The summed E-state index contributed by atoms with van der Waals surface area (Å²) in [5.74, 6) is 1.20. The summed E-state index contributed by atoms with van der Waals surface area (Å²) in [4.78, 5) is 23.9. The Morgan fingerprint density at radius 3 is 2.36 bits per heavy atom. The number of rotatable bonds is 6. The Balaban J connectivity index is 0.00000306. The maximum atomic E-state index is 12.7. The van der Waals surface area contributed by atoms with E-state index >= 15 is 0 Å². The van der Waals surface area contributed by atoms with E-state index in [0.29, 0.717) is 6.54 Å². The molecule has 0 saturated carbocycles. The Morgan fingerprint density at radius 2 is 1.73 bits per heavy atom. The Kier molecular flexibility index (Phi) is 9.54. The Bertz CT molecular complexity index is 903. The minimum Gasteiger partial charge on any atom is -0.352 e. The minimum atomic E-state index is -0.0422. The molecule has 33 heavy (non-hydrogen) atoms. The number of carbonyl (C=O) groups excluding carboxylic acids is 1. The third-order valence-corrected chi connectivity index (χ3v) is 6.60. The van der Waals surface area contributed by atoms with Crippen LogP contribution >= 0.6 is 24.0 Å². The van der Waals surface area contributed by atoms with Crippen LogP contribution in [0, 0.1) is 0 Å². The van der Waals surface area contributed by atoms with Crippen LogP contribution in [0.4, 0.5) is 0 Å². The summed E-state index contributed by atoms with van der Waals surface area (Å²) in [6, 6.07) is 10.4. The van der Waals surface area contributed by atoms with Gasteiger partial charge in [0.05, 0.1) is 12.6 Å². The number of hydrogen-bond acceptors (Lipinski definition) is 4. The van der Waals surface area contributed by atoms with Crippen LogP contribution < -0.4 is 5.32 Å². The molecule has 0 aliphatic carbocycles. The monoisotopic (exact) mass is 565 g/mol. The van der Waals surface area contributed by atoms with Gasteiger partial charge in [-0.1, -0.05) is 24.3 Å². The van der Waals surface area contributed by atoms with Crippen LogP contribution in [0.25, 0.3) is 0 Å². The van der Waals surface area contributed by atoms with Gasteiger partial charge in [0.15, 0.2) is 5.96 Å². The average Bonchev–Trinajstić information content (AvgIpc) is 3.55. The number of guanidine groups is 1. The molecule has 0 radical (unpaired) electrons. The van der Waals surface area contributed by atoms with Crippen molar-refractivity contribution in [3.05, 3.63) is 53.9 Å². The van der Waals surface area contributed by atoms with Crippen molar-refractivity contribution in [3.63, 3.8) is 0 Å². The van der Waals surface area contributed by atoms with Gasteiger partial charge in [-0.25, -0.2) is 0 Å². The highest BCUT2D eigenvalue weighted by molar-refractivity contribution is 14.0. The Labute approximate surface area is 214 Å². The predicted molar refractivity (Wildman–Crippen MR) is 142 cm³/mol. The van der Waals surface area contributed by atoms with E-state index in [1.807, 2.05) is 35.1 Å². The maximum Gasteiger partial charge on any atom is 0.239 e. The lowest BCUT2D eigenvalue weighted by Gasteiger charge is -2.39. The number of halogens is 1. The van der Waals surface area contributed by atoms with E-state index < -0.39 is 0 Å². The van der Waals surface area contributed by atoms with Gasteiger partial charge >= 0.3 is 0 Å². The lowest BCUT2D eigenvalue weighted by Crippen LogP contribution is -2.57. The van der Waals surface area contributed by atoms with Gasteiger partial charge in [0, 0.05) is 65.3 Å². The molecule has 1 atom stereocenters. The highest BCUT2D eigenvalue weighted by Crippen LogP contribution is 2.15. The number of benzene rings is 1. The molecule has 3 heterocycles. The van der Waals surface area contributed by atoms with Crippen LogP contribution in [0.15, 0.2) is 47.7 Å². The zero-order chi connectivity index (χ0) is 22.3. The number of likely N-dealkylation sites (tertiary alicyclic amines) is 1. The molecule has 2 saturated heterocycles. The average molecular weight is 566 g/mol. The standard InChI is InChI=1S/C24H35N7O.HI/c1-20(23(32)29-11-5-6-12-29)28-14-16-30(17-15-28)24(25-2)26-18-21-8-3-4-9-22(21)19-31-13-7-10-27-31;/h3-4,7-10,13,20H,5-6,11-12,14-19H2,1-2H3,(H,25,26);1H. The number of carbonyl (C=O) groups is 1. The van der Waals surface area contributed by atoms with Gasteiger partial charge in [-0.2, -0.15) is 5.10 Å². The van der Waals surface area contributed by atoms with Crippen LogP contribution in [0.3, 0.4) is 0 Å². The lowest BCUT2D eigenvalue weighted by atomic mass is 10.1. The summed E-state index contributed by atoms with van der Waals surface area (Å²) in [7, 11) is 1.84. The Morgan fingerprint density at radius 1 is 1.03 bits per heavy atom. The molecule has 1 aromatic carbocycles. The first-order chi connectivity index (χ1) is 15.7. The van der Waals surface area contributed by atoms with Gasteiger partial charge in [-0.15, -0.1) is 24.0 Å². The predicted octanol–water partition coefficient (Wildman–Crippen LogP) is 2.25. The molecule has 180 valence electrons. The molecule has 8 nitrogen and oxygen atoms in total. The summed E-state index contributed by atoms with van der Waals surface area (Å²) in [6.45, 7) is 8.84. The fraction of sp³-hybridized carbons (Fsp3) is 0.542. The fourth-order valence-electron chi connectivity index (χ4n) is 4.64. The van der Waals surface area contributed by atoms with Crippen molar-refractivity contribution in [1.29, 1.82) is 0 Å². The van der Waals surface area contributed by atoms with Crippen molar-refractivity contribution in [2.24, 2.45) is 4.99 Å². The molecular formula is C24H36IN7O. The molecule has 2 aliphatic rings. The number of aromatic nitrogens is 2. The molecule has 4 rings (SSSR count). The number of hydrogen-bond donors (Lipinski definition) is 1.